The van der Waals surface area contributed by atoms with Crippen LogP contribution in [-0.4, -0.2) is 9.97 Å². The van der Waals surface area contributed by atoms with E-state index in [0.29, 0.717) is 16.5 Å². The van der Waals surface area contributed by atoms with E-state index in [1.54, 1.807) is 6.20 Å². The summed E-state index contributed by atoms with van der Waals surface area (Å²) >= 11 is 7.09. The Morgan fingerprint density at radius 3 is 3.23 bits per heavy atom. The molecule has 0 aliphatic heterocycles. The Hall–Kier alpha value is -1.18. The molecule has 2 aromatic heterocycles. The third-order valence-electron chi connectivity index (χ3n) is 1.56. The Morgan fingerprint density at radius 1 is 1.62 bits per heavy atom. The van der Waals surface area contributed by atoms with E-state index in [4.69, 9.17) is 16.9 Å². The third-order valence-corrected chi connectivity index (χ3v) is 2.66. The molecule has 0 bridgehead atoms. The van der Waals surface area contributed by atoms with Gasteiger partial charge in [0.1, 0.15) is 0 Å². The lowest BCUT2D eigenvalue weighted by Gasteiger charge is -1.91. The number of nitrogens with zero attached hydrogens (tertiary/aromatic N) is 3. The Balaban J connectivity index is 2.56. The predicted molar refractivity (Wildman–Crippen MR) is 51.7 cm³/mol. The van der Waals surface area contributed by atoms with Crippen LogP contribution in [0.3, 0.4) is 0 Å². The molecule has 3 nitrogen and oxygen atoms in total. The first-order valence-electron chi connectivity index (χ1n) is 3.57. The maximum Gasteiger partial charge on any atom is 0.186 e. The molecular formula is C8H4ClN3S. The molecule has 13 heavy (non-hydrogen) atoms. The van der Waals surface area contributed by atoms with Crippen LogP contribution in [0.25, 0.3) is 10.3 Å². The van der Waals surface area contributed by atoms with Crippen LogP contribution in [-0.2, 0) is 6.42 Å². The van der Waals surface area contributed by atoms with Gasteiger partial charge in [0.25, 0.3) is 0 Å². The molecule has 0 saturated carbocycles. The number of thiazole rings is 1. The molecule has 0 aliphatic rings. The number of rotatable bonds is 1. The zero-order valence-corrected chi connectivity index (χ0v) is 8.06. The van der Waals surface area contributed by atoms with E-state index < -0.39 is 0 Å². The highest BCUT2D eigenvalue weighted by Gasteiger charge is 2.03. The smallest absolute Gasteiger partial charge is 0.186 e. The molecular weight excluding hydrogens is 206 g/mol. The molecule has 0 unspecified atom stereocenters. The molecule has 2 aromatic rings. The predicted octanol–water partition coefficient (Wildman–Crippen LogP) is 2.41. The van der Waals surface area contributed by atoms with Crippen LogP contribution < -0.4 is 0 Å². The summed E-state index contributed by atoms with van der Waals surface area (Å²) in [5.41, 5.74) is 1.55. The Morgan fingerprint density at radius 2 is 2.46 bits per heavy atom. The molecule has 0 spiro atoms. The average molecular weight is 210 g/mol. The molecule has 0 aliphatic carbocycles. The molecule has 0 saturated heterocycles. The normalized spacial score (nSPS) is 10.2. The van der Waals surface area contributed by atoms with Gasteiger partial charge in [0.05, 0.1) is 17.2 Å². The monoisotopic (exact) mass is 209 g/mol. The van der Waals surface area contributed by atoms with Crippen molar-refractivity contribution in [1.29, 1.82) is 5.26 Å². The number of pyridine rings is 1. The highest BCUT2D eigenvalue weighted by molar-refractivity contribution is 7.22. The first-order chi connectivity index (χ1) is 6.29. The summed E-state index contributed by atoms with van der Waals surface area (Å²) in [7, 11) is 0. The van der Waals surface area contributed by atoms with Crippen molar-refractivity contribution >= 4 is 33.3 Å². The van der Waals surface area contributed by atoms with Gasteiger partial charge in [0.15, 0.2) is 10.1 Å². The van der Waals surface area contributed by atoms with Crippen LogP contribution in [0.2, 0.25) is 4.47 Å². The second-order valence-corrected chi connectivity index (χ2v) is 4.08. The highest BCUT2D eigenvalue weighted by Crippen LogP contribution is 2.24. The van der Waals surface area contributed by atoms with Crippen molar-refractivity contribution in [2.24, 2.45) is 0 Å². The largest absolute Gasteiger partial charge is 0.236 e. The molecule has 0 aromatic carbocycles. The molecule has 2 heterocycles. The fraction of sp³-hybridized carbons (Fsp3) is 0.125. The molecule has 0 fully saturated rings. The summed E-state index contributed by atoms with van der Waals surface area (Å²) in [6.07, 6.45) is 2.03. The van der Waals surface area contributed by atoms with Crippen LogP contribution in [0.5, 0.6) is 0 Å². The summed E-state index contributed by atoms with van der Waals surface area (Å²) in [6, 6.07) is 3.96. The molecule has 0 N–H and O–H groups in total. The van der Waals surface area contributed by atoms with Crippen LogP contribution in [0.1, 0.15) is 5.56 Å². The third kappa shape index (κ3) is 1.62. The van der Waals surface area contributed by atoms with E-state index in [1.165, 1.54) is 11.3 Å². The minimum absolute atomic E-state index is 0.373. The summed E-state index contributed by atoms with van der Waals surface area (Å²) < 4.78 is 1.41. The van der Waals surface area contributed by atoms with Crippen molar-refractivity contribution in [2.75, 3.05) is 0 Å². The standard InChI is InChI=1S/C8H4ClN3S/c9-8-12-7-6(13-8)3-5(1-2-10)4-11-7/h3-4H,1H2. The van der Waals surface area contributed by atoms with E-state index in [9.17, 15) is 0 Å². The van der Waals surface area contributed by atoms with E-state index in [-0.39, 0.29) is 0 Å². The van der Waals surface area contributed by atoms with Gasteiger partial charge in [0, 0.05) is 6.20 Å². The molecule has 0 atom stereocenters. The van der Waals surface area contributed by atoms with Gasteiger partial charge >= 0.3 is 0 Å². The second kappa shape index (κ2) is 3.29. The summed E-state index contributed by atoms with van der Waals surface area (Å²) in [5.74, 6) is 0. The first-order valence-corrected chi connectivity index (χ1v) is 4.77. The zero-order chi connectivity index (χ0) is 9.26. The van der Waals surface area contributed by atoms with Gasteiger partial charge in [-0.1, -0.05) is 11.6 Å². The van der Waals surface area contributed by atoms with Gasteiger partial charge in [-0.05, 0) is 11.6 Å². The molecule has 0 amide bonds. The summed E-state index contributed by atoms with van der Waals surface area (Å²) in [5, 5.41) is 8.48. The maximum absolute atomic E-state index is 8.48. The lowest BCUT2D eigenvalue weighted by Crippen LogP contribution is -1.83. The maximum atomic E-state index is 8.48. The first kappa shape index (κ1) is 8.42. The van der Waals surface area contributed by atoms with Crippen LogP contribution >= 0.6 is 22.9 Å². The minimum atomic E-state index is 0.373. The Kier molecular flexibility index (Phi) is 2.13. The van der Waals surface area contributed by atoms with E-state index in [1.807, 2.05) is 6.07 Å². The van der Waals surface area contributed by atoms with Crippen molar-refractivity contribution in [1.82, 2.24) is 9.97 Å². The second-order valence-electron chi connectivity index (χ2n) is 2.47. The number of hydrogen-bond acceptors (Lipinski definition) is 4. The van der Waals surface area contributed by atoms with Gasteiger partial charge < -0.3 is 0 Å². The Bertz CT molecular complexity index is 486. The molecule has 0 radical (unpaired) electrons. The molecule has 64 valence electrons. The zero-order valence-electron chi connectivity index (χ0n) is 6.49. The van der Waals surface area contributed by atoms with Crippen LogP contribution in [0.15, 0.2) is 12.3 Å². The van der Waals surface area contributed by atoms with Crippen LogP contribution in [0.4, 0.5) is 0 Å². The van der Waals surface area contributed by atoms with Crippen molar-refractivity contribution in [2.45, 2.75) is 6.42 Å². The van der Waals surface area contributed by atoms with Gasteiger partial charge in [0.2, 0.25) is 0 Å². The van der Waals surface area contributed by atoms with Gasteiger partial charge in [-0.3, -0.25) is 0 Å². The lowest BCUT2D eigenvalue weighted by molar-refractivity contribution is 1.21. The topological polar surface area (TPSA) is 49.6 Å². The molecule has 2 rings (SSSR count). The van der Waals surface area contributed by atoms with Crippen LogP contribution in [0, 0.1) is 11.3 Å². The van der Waals surface area contributed by atoms with E-state index >= 15 is 0 Å². The average Bonchev–Trinajstić information content (AvgIpc) is 2.44. The number of hydrogen-bond donors (Lipinski definition) is 0. The SMILES string of the molecule is N#CCc1cnc2nc(Cl)sc2c1. The quantitative estimate of drug-likeness (QED) is 0.725. The summed E-state index contributed by atoms with van der Waals surface area (Å²) in [4.78, 5) is 8.09. The van der Waals surface area contributed by atoms with Gasteiger partial charge in [-0.2, -0.15) is 5.26 Å². The number of halogens is 1. The lowest BCUT2D eigenvalue weighted by atomic mass is 10.2. The van der Waals surface area contributed by atoms with Crippen molar-refractivity contribution in [3.8, 4) is 6.07 Å². The van der Waals surface area contributed by atoms with Crippen molar-refractivity contribution in [3.05, 3.63) is 22.3 Å². The van der Waals surface area contributed by atoms with Crippen molar-refractivity contribution < 1.29 is 0 Å². The highest BCUT2D eigenvalue weighted by atomic mass is 35.5. The fourth-order valence-electron chi connectivity index (χ4n) is 1.02. The van der Waals surface area contributed by atoms with Gasteiger partial charge in [-0.15, -0.1) is 11.3 Å². The number of aromatic nitrogens is 2. The van der Waals surface area contributed by atoms with E-state index in [0.717, 1.165) is 10.3 Å². The Labute approximate surface area is 83.6 Å². The van der Waals surface area contributed by atoms with E-state index in [2.05, 4.69) is 16.0 Å². The number of fused-ring (bicyclic) bond motifs is 1. The minimum Gasteiger partial charge on any atom is -0.236 e. The van der Waals surface area contributed by atoms with Gasteiger partial charge in [-0.25, -0.2) is 9.97 Å². The molecule has 5 heteroatoms. The fourth-order valence-corrected chi connectivity index (χ4v) is 2.06. The van der Waals surface area contributed by atoms with Crippen molar-refractivity contribution in [3.63, 3.8) is 0 Å². The number of nitriles is 1. The summed E-state index contributed by atoms with van der Waals surface area (Å²) in [6.45, 7) is 0.